The topological polar surface area (TPSA) is 0 Å². The molecule has 1 aromatic rings. The summed E-state index contributed by atoms with van der Waals surface area (Å²) in [5.74, 6) is 4.18. The Hall–Kier alpha value is -0.248. The van der Waals surface area contributed by atoms with Crippen molar-refractivity contribution < 1.29 is 17.4 Å². The van der Waals surface area contributed by atoms with Crippen LogP contribution in [0.2, 0.25) is 0 Å². The van der Waals surface area contributed by atoms with E-state index in [0.717, 1.165) is 0 Å². The molecule has 0 unspecified atom stereocenters. The smallest absolute Gasteiger partial charge is 0 e. The molecule has 0 radical (unpaired) electrons. The van der Waals surface area contributed by atoms with E-state index in [2.05, 4.69) is 79.0 Å². The molecule has 1 aromatic carbocycles. The predicted molar refractivity (Wildman–Crippen MR) is 80.3 cm³/mol. The third-order valence-electron chi connectivity index (χ3n) is 3.75. The Balaban J connectivity index is 0.000000324. The standard InChI is InChI=1S/2C9H12.Cr/c2*1-7-5-4-6-8(2)9(7)3;/h2*4-6H,1-3H3;/q;-6;. The molecule has 2 rings (SSSR count). The Bertz CT molecular complexity index is 340. The Morgan fingerprint density at radius 1 is 0.842 bits per heavy atom. The molecule has 0 atom stereocenters. The first-order valence-corrected chi connectivity index (χ1v) is 6.49. The van der Waals surface area contributed by atoms with Gasteiger partial charge in [-0.1, -0.05) is 18.2 Å². The van der Waals surface area contributed by atoms with Crippen molar-refractivity contribution >= 4 is 0 Å². The van der Waals surface area contributed by atoms with Crippen LogP contribution in [0, 0.1) is 57.8 Å². The molecule has 0 nitrogen and oxygen atoms in total. The molecule has 19 heavy (non-hydrogen) atoms. The second kappa shape index (κ2) is 8.83. The Morgan fingerprint density at radius 3 is 1.58 bits per heavy atom. The maximum Gasteiger partial charge on any atom is 0 e. The second-order valence-electron chi connectivity index (χ2n) is 5.03. The first kappa shape index (κ1) is 18.8. The van der Waals surface area contributed by atoms with E-state index in [0.29, 0.717) is 0 Å². The van der Waals surface area contributed by atoms with E-state index in [4.69, 9.17) is 0 Å². The average molecular weight is 292 g/mol. The van der Waals surface area contributed by atoms with Crippen molar-refractivity contribution in [2.45, 2.75) is 41.5 Å². The molecule has 0 amide bonds. The van der Waals surface area contributed by atoms with E-state index in [1.807, 2.05) is 0 Å². The zero-order valence-electron chi connectivity index (χ0n) is 12.9. The molecule has 1 aliphatic rings. The van der Waals surface area contributed by atoms with Gasteiger partial charge in [-0.25, -0.2) is 20.8 Å². The summed E-state index contributed by atoms with van der Waals surface area (Å²) in [5.41, 5.74) is 4.18. The summed E-state index contributed by atoms with van der Waals surface area (Å²) >= 11 is 0. The van der Waals surface area contributed by atoms with Gasteiger partial charge in [0.25, 0.3) is 0 Å². The van der Waals surface area contributed by atoms with Crippen LogP contribution in [0.5, 0.6) is 0 Å². The van der Waals surface area contributed by atoms with E-state index >= 15 is 0 Å². The van der Waals surface area contributed by atoms with Crippen molar-refractivity contribution in [2.75, 3.05) is 0 Å². The minimum absolute atomic E-state index is 0. The molecule has 108 valence electrons. The fourth-order valence-corrected chi connectivity index (χ4v) is 1.80. The maximum atomic E-state index is 2.16. The zero-order valence-corrected chi connectivity index (χ0v) is 14.1. The third-order valence-corrected chi connectivity index (χ3v) is 3.75. The van der Waals surface area contributed by atoms with Gasteiger partial charge in [0.2, 0.25) is 0 Å². The van der Waals surface area contributed by atoms with E-state index in [-0.39, 0.29) is 17.4 Å². The first-order chi connectivity index (χ1) is 8.43. The minimum Gasteiger partial charge on any atom is -0.725 e. The van der Waals surface area contributed by atoms with Gasteiger partial charge in [-0.3, -0.25) is 0 Å². The van der Waals surface area contributed by atoms with Crippen molar-refractivity contribution in [2.24, 2.45) is 0 Å². The van der Waals surface area contributed by atoms with E-state index < -0.39 is 0 Å². The summed E-state index contributed by atoms with van der Waals surface area (Å²) in [6.45, 7) is 12.9. The summed E-state index contributed by atoms with van der Waals surface area (Å²) in [6, 6.07) is 6.38. The van der Waals surface area contributed by atoms with Crippen LogP contribution in [-0.4, -0.2) is 0 Å². The molecule has 1 saturated carbocycles. The van der Waals surface area contributed by atoms with Gasteiger partial charge in [0.1, 0.15) is 0 Å². The van der Waals surface area contributed by atoms with Crippen LogP contribution in [0.25, 0.3) is 0 Å². The monoisotopic (exact) mass is 292 g/mol. The number of hydrogen-bond donors (Lipinski definition) is 0. The number of hydrogen-bond acceptors (Lipinski definition) is 0. The molecule has 0 N–H and O–H groups in total. The van der Waals surface area contributed by atoms with Gasteiger partial charge in [-0.05, 0) is 37.5 Å². The van der Waals surface area contributed by atoms with Gasteiger partial charge in [-0.15, -0.1) is 0 Å². The summed E-state index contributed by atoms with van der Waals surface area (Å²) in [7, 11) is 0. The summed E-state index contributed by atoms with van der Waals surface area (Å²) in [6.07, 6.45) is 6.38. The molecular weight excluding hydrogens is 268 g/mol. The van der Waals surface area contributed by atoms with Gasteiger partial charge in [0, 0.05) is 17.4 Å². The van der Waals surface area contributed by atoms with Gasteiger partial charge in [0.05, 0.1) is 0 Å². The van der Waals surface area contributed by atoms with Crippen LogP contribution in [0.1, 0.15) is 37.5 Å². The predicted octanol–water partition coefficient (Wildman–Crippen LogP) is 5.01. The van der Waals surface area contributed by atoms with Crippen LogP contribution < -0.4 is 0 Å². The minimum atomic E-state index is 0. The molecule has 0 spiro atoms. The number of benzene rings is 1. The quantitative estimate of drug-likeness (QED) is 0.590. The largest absolute Gasteiger partial charge is 0.725 e. The third kappa shape index (κ3) is 5.72. The molecule has 0 saturated heterocycles. The Morgan fingerprint density at radius 2 is 1.26 bits per heavy atom. The van der Waals surface area contributed by atoms with Crippen LogP contribution in [0.15, 0.2) is 18.2 Å². The number of aryl methyl sites for hydroxylation is 2. The van der Waals surface area contributed by atoms with Crippen molar-refractivity contribution in [3.63, 3.8) is 0 Å². The van der Waals surface area contributed by atoms with Gasteiger partial charge in [-0.2, -0.15) is 0 Å². The summed E-state index contributed by atoms with van der Waals surface area (Å²) < 4.78 is 0. The number of rotatable bonds is 0. The van der Waals surface area contributed by atoms with E-state index in [1.54, 1.807) is 0 Å². The normalized spacial score (nSPS) is 17.4. The molecule has 1 fully saturated rings. The molecule has 1 aliphatic carbocycles. The van der Waals surface area contributed by atoms with Crippen LogP contribution >= 0.6 is 0 Å². The molecular formula is C18H24Cr-6. The van der Waals surface area contributed by atoms with Crippen molar-refractivity contribution in [1.29, 1.82) is 0 Å². The molecule has 0 aromatic heterocycles. The van der Waals surface area contributed by atoms with Gasteiger partial charge in [0.15, 0.2) is 0 Å². The van der Waals surface area contributed by atoms with Crippen LogP contribution in [-0.2, 0) is 17.4 Å². The Kier molecular flexibility index (Phi) is 8.72. The molecule has 0 bridgehead atoms. The first-order valence-electron chi connectivity index (χ1n) is 6.49. The average Bonchev–Trinajstić information content (AvgIpc) is 2.34. The fourth-order valence-electron chi connectivity index (χ4n) is 1.80. The van der Waals surface area contributed by atoms with Crippen molar-refractivity contribution in [1.82, 2.24) is 0 Å². The molecule has 0 aliphatic heterocycles. The van der Waals surface area contributed by atoms with E-state index in [9.17, 15) is 0 Å². The Labute approximate surface area is 131 Å². The maximum absolute atomic E-state index is 2.16. The molecule has 0 heterocycles. The fraction of sp³-hybridized carbons (Fsp3) is 0.333. The van der Waals surface area contributed by atoms with Crippen LogP contribution in [0.4, 0.5) is 0 Å². The summed E-state index contributed by atoms with van der Waals surface area (Å²) in [4.78, 5) is 0. The van der Waals surface area contributed by atoms with Gasteiger partial charge >= 0.3 is 0 Å². The van der Waals surface area contributed by atoms with Crippen LogP contribution in [0.3, 0.4) is 0 Å². The van der Waals surface area contributed by atoms with E-state index in [1.165, 1.54) is 34.4 Å². The van der Waals surface area contributed by atoms with Crippen molar-refractivity contribution in [3.8, 4) is 0 Å². The zero-order chi connectivity index (χ0) is 13.7. The SMILES string of the molecule is C[C-]1[CH-][CH-][CH-][C-](C)[C-]1C.Cc1cccc(C)c1C.[Cr]. The summed E-state index contributed by atoms with van der Waals surface area (Å²) in [5, 5.41) is 0. The second-order valence-corrected chi connectivity index (χ2v) is 5.03. The van der Waals surface area contributed by atoms with Crippen molar-refractivity contribution in [3.05, 3.63) is 71.9 Å². The molecule has 1 heteroatoms. The van der Waals surface area contributed by atoms with Gasteiger partial charge < -0.3 is 37.0 Å².